The Labute approximate surface area is 214 Å². The zero-order chi connectivity index (χ0) is 23.6. The van der Waals surface area contributed by atoms with Crippen LogP contribution in [0.15, 0.2) is 29.2 Å². The first-order chi connectivity index (χ1) is 16.4. The Morgan fingerprint density at radius 1 is 0.794 bits per heavy atom. The Morgan fingerprint density at radius 3 is 2.26 bits per heavy atom. The van der Waals surface area contributed by atoms with E-state index >= 15 is 0 Å². The summed E-state index contributed by atoms with van der Waals surface area (Å²) in [4.78, 5) is 1.63. The number of fused-ring (bicyclic) bond motifs is 2. The summed E-state index contributed by atoms with van der Waals surface area (Å²) in [5.41, 5.74) is 4.73. The van der Waals surface area contributed by atoms with Crippen molar-refractivity contribution in [3.05, 3.63) is 40.3 Å². The minimum absolute atomic E-state index is 0.787. The number of allylic oxidation sites excluding steroid dienone is 2. The van der Waals surface area contributed by atoms with E-state index in [1.165, 1.54) is 37.7 Å². The van der Waals surface area contributed by atoms with Crippen molar-refractivity contribution in [3.63, 3.8) is 0 Å². The third-order valence-electron chi connectivity index (χ3n) is 11.6. The normalized spacial score (nSPS) is 44.6. The average molecular weight is 477 g/mol. The molecule has 0 spiro atoms. The summed E-state index contributed by atoms with van der Waals surface area (Å²) in [7, 11) is 0. The van der Waals surface area contributed by atoms with Gasteiger partial charge in [-0.2, -0.15) is 0 Å². The highest BCUT2D eigenvalue weighted by atomic mass is 32.2. The molecule has 1 heteroatoms. The topological polar surface area (TPSA) is 0 Å². The average Bonchev–Trinajstić information content (AvgIpc) is 3.56. The van der Waals surface area contributed by atoms with Crippen LogP contribution in [-0.4, -0.2) is 5.25 Å². The summed E-state index contributed by atoms with van der Waals surface area (Å²) < 4.78 is 0. The fourth-order valence-corrected chi connectivity index (χ4v) is 11.9. The zero-order valence-corrected chi connectivity index (χ0v) is 23.2. The highest BCUT2D eigenvalue weighted by Crippen LogP contribution is 2.63. The van der Waals surface area contributed by atoms with Gasteiger partial charge in [-0.1, -0.05) is 70.7 Å². The maximum Gasteiger partial charge on any atom is 0.0191 e. The van der Waals surface area contributed by atoms with Crippen LogP contribution in [0, 0.1) is 66.1 Å². The van der Waals surface area contributed by atoms with Gasteiger partial charge < -0.3 is 0 Å². The van der Waals surface area contributed by atoms with E-state index < -0.39 is 0 Å². The maximum atomic E-state index is 2.65. The summed E-state index contributed by atoms with van der Waals surface area (Å²) in [5, 5.41) is 0.836. The second-order valence-corrected chi connectivity index (χ2v) is 15.0. The highest BCUT2D eigenvalue weighted by molar-refractivity contribution is 8.04. The van der Waals surface area contributed by atoms with E-state index in [4.69, 9.17) is 0 Å². The van der Waals surface area contributed by atoms with Crippen LogP contribution >= 0.6 is 11.8 Å². The lowest BCUT2D eigenvalue weighted by molar-refractivity contribution is 0.0657. The van der Waals surface area contributed by atoms with E-state index in [9.17, 15) is 0 Å². The minimum Gasteiger partial charge on any atom is -0.126 e. The lowest BCUT2D eigenvalue weighted by Gasteiger charge is -2.43. The van der Waals surface area contributed by atoms with Crippen LogP contribution in [0.4, 0.5) is 0 Å². The van der Waals surface area contributed by atoms with Gasteiger partial charge >= 0.3 is 0 Å². The smallest absolute Gasteiger partial charge is 0.0191 e. The lowest BCUT2D eigenvalue weighted by atomic mass is 9.62. The Morgan fingerprint density at radius 2 is 1.50 bits per heavy atom. The van der Waals surface area contributed by atoms with Gasteiger partial charge in [0.1, 0.15) is 0 Å². The molecule has 0 saturated heterocycles. The van der Waals surface area contributed by atoms with Crippen LogP contribution in [0.1, 0.15) is 96.6 Å². The Balaban J connectivity index is 1.21. The molecule has 6 rings (SSSR count). The number of benzene rings is 1. The van der Waals surface area contributed by atoms with E-state index in [0.29, 0.717) is 0 Å². The van der Waals surface area contributed by atoms with Crippen molar-refractivity contribution in [2.45, 2.75) is 97.7 Å². The molecule has 1 aliphatic heterocycles. The molecule has 0 N–H and O–H groups in total. The molecule has 4 aliphatic carbocycles. The third kappa shape index (κ3) is 3.95. The molecule has 4 saturated carbocycles. The van der Waals surface area contributed by atoms with Crippen LogP contribution < -0.4 is 0 Å². The standard InChI is InChI=1S/C33H48S/c1-19-14-28(24-11-7-8-12-24)30-16-21(3)26(29(30)15-19)18-27-22(4)17-31-32(23(5)34-33(27)31)25-13-9-6-10-20(25)2/h6,9-10,13,19,21-22,24,26-31,33H,7-8,11-12,14-18H2,1-5H3. The zero-order valence-electron chi connectivity index (χ0n) is 22.4. The maximum absolute atomic E-state index is 2.65. The predicted molar refractivity (Wildman–Crippen MR) is 149 cm³/mol. The van der Waals surface area contributed by atoms with E-state index in [1.54, 1.807) is 41.7 Å². The van der Waals surface area contributed by atoms with Gasteiger partial charge in [0.15, 0.2) is 0 Å². The summed E-state index contributed by atoms with van der Waals surface area (Å²) >= 11 is 2.27. The molecule has 0 radical (unpaired) electrons. The number of hydrogen-bond acceptors (Lipinski definition) is 1. The van der Waals surface area contributed by atoms with Crippen LogP contribution in [-0.2, 0) is 0 Å². The number of aryl methyl sites for hydroxylation is 1. The van der Waals surface area contributed by atoms with Crippen molar-refractivity contribution in [1.29, 1.82) is 0 Å². The van der Waals surface area contributed by atoms with Crippen molar-refractivity contribution in [2.24, 2.45) is 59.2 Å². The molecule has 0 aromatic heterocycles. The van der Waals surface area contributed by atoms with Gasteiger partial charge in [-0.05, 0) is 127 Å². The molecule has 10 atom stereocenters. The summed E-state index contributed by atoms with van der Waals surface area (Å²) in [6, 6.07) is 9.16. The fraction of sp³-hybridized carbons (Fsp3) is 0.758. The lowest BCUT2D eigenvalue weighted by Crippen LogP contribution is -2.35. The van der Waals surface area contributed by atoms with Gasteiger partial charge in [0, 0.05) is 5.25 Å². The molecule has 186 valence electrons. The number of thioether (sulfide) groups is 1. The molecule has 1 heterocycles. The third-order valence-corrected chi connectivity index (χ3v) is 13.1. The van der Waals surface area contributed by atoms with Crippen molar-refractivity contribution < 1.29 is 0 Å². The quantitative estimate of drug-likeness (QED) is 0.417. The van der Waals surface area contributed by atoms with Crippen LogP contribution in [0.5, 0.6) is 0 Å². The van der Waals surface area contributed by atoms with Crippen molar-refractivity contribution in [2.75, 3.05) is 0 Å². The summed E-state index contributed by atoms with van der Waals surface area (Å²) in [6.07, 6.45) is 13.7. The second-order valence-electron chi connectivity index (χ2n) is 13.6. The van der Waals surface area contributed by atoms with Crippen LogP contribution in [0.2, 0.25) is 0 Å². The number of rotatable bonds is 4. The van der Waals surface area contributed by atoms with Crippen molar-refractivity contribution in [1.82, 2.24) is 0 Å². The first-order valence-corrected chi connectivity index (χ1v) is 15.7. The molecule has 1 aromatic rings. The molecule has 1 aromatic carbocycles. The first-order valence-electron chi connectivity index (χ1n) is 14.9. The highest BCUT2D eigenvalue weighted by Gasteiger charge is 2.53. The molecule has 0 bridgehead atoms. The Bertz CT molecular complexity index is 922. The molecule has 34 heavy (non-hydrogen) atoms. The van der Waals surface area contributed by atoms with E-state index in [1.807, 2.05) is 0 Å². The van der Waals surface area contributed by atoms with Gasteiger partial charge in [0.2, 0.25) is 0 Å². The van der Waals surface area contributed by atoms with E-state index in [0.717, 1.165) is 64.4 Å². The largest absolute Gasteiger partial charge is 0.126 e. The van der Waals surface area contributed by atoms with Crippen LogP contribution in [0.3, 0.4) is 0 Å². The van der Waals surface area contributed by atoms with Gasteiger partial charge in [-0.15, -0.1) is 11.8 Å². The molecule has 4 fully saturated rings. The van der Waals surface area contributed by atoms with Crippen molar-refractivity contribution in [3.8, 4) is 0 Å². The summed E-state index contributed by atoms with van der Waals surface area (Å²) in [5.74, 6) is 9.73. The molecular formula is C33H48S. The second kappa shape index (κ2) is 9.32. The van der Waals surface area contributed by atoms with Gasteiger partial charge in [0.25, 0.3) is 0 Å². The van der Waals surface area contributed by atoms with E-state index in [-0.39, 0.29) is 0 Å². The predicted octanol–water partition coefficient (Wildman–Crippen LogP) is 9.63. The number of hydrogen-bond donors (Lipinski definition) is 0. The monoisotopic (exact) mass is 476 g/mol. The Kier molecular flexibility index (Phi) is 6.49. The molecule has 10 unspecified atom stereocenters. The fourth-order valence-electron chi connectivity index (χ4n) is 10.2. The minimum atomic E-state index is 0.787. The summed E-state index contributed by atoms with van der Waals surface area (Å²) in [6.45, 7) is 12.6. The van der Waals surface area contributed by atoms with Gasteiger partial charge in [-0.3, -0.25) is 0 Å². The van der Waals surface area contributed by atoms with E-state index in [2.05, 4.69) is 70.6 Å². The molecular weight excluding hydrogens is 428 g/mol. The molecule has 5 aliphatic rings. The molecule has 0 amide bonds. The first kappa shape index (κ1) is 23.7. The van der Waals surface area contributed by atoms with Crippen LogP contribution in [0.25, 0.3) is 5.57 Å². The Hall–Kier alpha value is -0.690. The SMILES string of the molecule is CC1=C(c2ccccc2C)C2CC(C)C(CC3C(C)CC4C(C5CCCC5)CC(C)CC34)C2S1. The molecule has 0 nitrogen and oxygen atoms in total. The van der Waals surface area contributed by atoms with Crippen molar-refractivity contribution >= 4 is 17.3 Å². The van der Waals surface area contributed by atoms with Gasteiger partial charge in [-0.25, -0.2) is 0 Å². The van der Waals surface area contributed by atoms with Gasteiger partial charge in [0.05, 0.1) is 0 Å².